The highest BCUT2D eigenvalue weighted by molar-refractivity contribution is 7.90. The molecule has 74 valence electrons. The van der Waals surface area contributed by atoms with Gasteiger partial charge in [-0.05, 0) is 24.5 Å². The van der Waals surface area contributed by atoms with Crippen molar-refractivity contribution in [2.75, 3.05) is 6.26 Å². The van der Waals surface area contributed by atoms with Crippen molar-refractivity contribution in [2.24, 2.45) is 0 Å². The van der Waals surface area contributed by atoms with Crippen LogP contribution in [0.3, 0.4) is 0 Å². The van der Waals surface area contributed by atoms with E-state index in [-0.39, 0.29) is 0 Å². The van der Waals surface area contributed by atoms with Gasteiger partial charge in [0.15, 0.2) is 9.84 Å². The predicted octanol–water partition coefficient (Wildman–Crippen LogP) is 1.85. The predicted molar refractivity (Wildman–Crippen MR) is 52.7 cm³/mol. The third kappa shape index (κ3) is 2.12. The van der Waals surface area contributed by atoms with Crippen molar-refractivity contribution in [3.05, 3.63) is 17.3 Å². The highest BCUT2D eigenvalue weighted by atomic mass is 32.2. The second kappa shape index (κ2) is 3.18. The molecule has 1 N–H and O–H groups in total. The molecule has 0 atom stereocenters. The molecule has 1 heterocycles. The maximum atomic E-state index is 11.2. The lowest BCUT2D eigenvalue weighted by molar-refractivity contribution is 0.598. The topological polar surface area (TPSA) is 49.9 Å². The maximum absolute atomic E-state index is 11.2. The molecule has 0 fully saturated rings. The standard InChI is InChI=1S/C9H15NO2S/c1-6(2)9-7(3)5-8(10-9)13(4,11)12/h5-6,10H,1-4H3. The van der Waals surface area contributed by atoms with Crippen LogP contribution in [0.1, 0.15) is 31.0 Å². The van der Waals surface area contributed by atoms with E-state index in [4.69, 9.17) is 0 Å². The molecule has 4 heteroatoms. The molecule has 0 saturated heterocycles. The molecule has 0 bridgehead atoms. The summed E-state index contributed by atoms with van der Waals surface area (Å²) >= 11 is 0. The Morgan fingerprint density at radius 1 is 1.38 bits per heavy atom. The highest BCUT2D eigenvalue weighted by Crippen LogP contribution is 2.21. The van der Waals surface area contributed by atoms with E-state index in [0.29, 0.717) is 10.9 Å². The van der Waals surface area contributed by atoms with Crippen molar-refractivity contribution in [3.63, 3.8) is 0 Å². The van der Waals surface area contributed by atoms with Gasteiger partial charge in [-0.2, -0.15) is 0 Å². The molecule has 0 unspecified atom stereocenters. The Morgan fingerprint density at radius 3 is 2.15 bits per heavy atom. The number of aryl methyl sites for hydroxylation is 1. The zero-order chi connectivity index (χ0) is 10.2. The van der Waals surface area contributed by atoms with E-state index in [2.05, 4.69) is 4.98 Å². The summed E-state index contributed by atoms with van der Waals surface area (Å²) in [4.78, 5) is 2.93. The first kappa shape index (κ1) is 10.3. The van der Waals surface area contributed by atoms with Gasteiger partial charge in [-0.1, -0.05) is 13.8 Å². The maximum Gasteiger partial charge on any atom is 0.190 e. The monoisotopic (exact) mass is 201 g/mol. The number of sulfone groups is 1. The lowest BCUT2D eigenvalue weighted by Crippen LogP contribution is -1.98. The molecule has 13 heavy (non-hydrogen) atoms. The summed E-state index contributed by atoms with van der Waals surface area (Å²) < 4.78 is 22.4. The summed E-state index contributed by atoms with van der Waals surface area (Å²) in [5.41, 5.74) is 2.01. The van der Waals surface area contributed by atoms with Crippen molar-refractivity contribution in [1.82, 2.24) is 4.98 Å². The molecule has 0 aliphatic rings. The average Bonchev–Trinajstić information content (AvgIpc) is 2.29. The van der Waals surface area contributed by atoms with Crippen molar-refractivity contribution in [2.45, 2.75) is 31.7 Å². The van der Waals surface area contributed by atoms with E-state index in [1.54, 1.807) is 6.07 Å². The molecule has 0 aliphatic carbocycles. The van der Waals surface area contributed by atoms with Crippen molar-refractivity contribution in [1.29, 1.82) is 0 Å². The normalized spacial score (nSPS) is 12.4. The van der Waals surface area contributed by atoms with Gasteiger partial charge in [0, 0.05) is 11.9 Å². The van der Waals surface area contributed by atoms with Crippen molar-refractivity contribution < 1.29 is 8.42 Å². The third-order valence-corrected chi connectivity index (χ3v) is 3.03. The SMILES string of the molecule is Cc1cc(S(C)(=O)=O)[nH]c1C(C)C. The van der Waals surface area contributed by atoms with Crippen LogP contribution in [0, 0.1) is 6.92 Å². The molecule has 1 aromatic heterocycles. The summed E-state index contributed by atoms with van der Waals surface area (Å²) in [5, 5.41) is 0.314. The lowest BCUT2D eigenvalue weighted by Gasteiger charge is -2.02. The van der Waals surface area contributed by atoms with E-state index in [1.165, 1.54) is 6.26 Å². The molecule has 1 rings (SSSR count). The fourth-order valence-corrected chi connectivity index (χ4v) is 2.03. The summed E-state index contributed by atoms with van der Waals surface area (Å²) in [5.74, 6) is 0.329. The zero-order valence-corrected chi connectivity index (χ0v) is 9.20. The van der Waals surface area contributed by atoms with Crippen molar-refractivity contribution in [3.8, 4) is 0 Å². The van der Waals surface area contributed by atoms with Crippen LogP contribution in [-0.4, -0.2) is 19.7 Å². The summed E-state index contributed by atoms with van der Waals surface area (Å²) in [7, 11) is -3.09. The molecule has 0 aliphatic heterocycles. The second-order valence-corrected chi connectivity index (χ2v) is 5.64. The Kier molecular flexibility index (Phi) is 2.52. The Bertz CT molecular complexity index is 401. The van der Waals surface area contributed by atoms with Gasteiger partial charge in [-0.3, -0.25) is 0 Å². The molecule has 0 radical (unpaired) electrons. The van der Waals surface area contributed by atoms with Gasteiger partial charge < -0.3 is 4.98 Å². The van der Waals surface area contributed by atoms with Crippen molar-refractivity contribution >= 4 is 9.84 Å². The summed E-state index contributed by atoms with van der Waals surface area (Å²) in [6.45, 7) is 5.98. The molecule has 3 nitrogen and oxygen atoms in total. The van der Waals surface area contributed by atoms with E-state index >= 15 is 0 Å². The average molecular weight is 201 g/mol. The minimum Gasteiger partial charge on any atom is -0.349 e. The number of aromatic amines is 1. The molecule has 0 aromatic carbocycles. The van der Waals surface area contributed by atoms with Gasteiger partial charge in [0.05, 0.1) is 0 Å². The van der Waals surface area contributed by atoms with Crippen LogP contribution < -0.4 is 0 Å². The number of H-pyrrole nitrogens is 1. The van der Waals surface area contributed by atoms with E-state index < -0.39 is 9.84 Å². The van der Waals surface area contributed by atoms with Crippen LogP contribution in [0.15, 0.2) is 11.1 Å². The summed E-state index contributed by atoms with van der Waals surface area (Å²) in [6.07, 6.45) is 1.21. The van der Waals surface area contributed by atoms with Gasteiger partial charge in [0.1, 0.15) is 5.03 Å². The largest absolute Gasteiger partial charge is 0.349 e. The van der Waals surface area contributed by atoms with Crippen LogP contribution in [0.4, 0.5) is 0 Å². The first-order chi connectivity index (χ1) is 5.82. The van der Waals surface area contributed by atoms with E-state index in [9.17, 15) is 8.42 Å². The van der Waals surface area contributed by atoms with E-state index in [0.717, 1.165) is 11.3 Å². The molecular formula is C9H15NO2S. The minimum absolute atomic E-state index is 0.314. The summed E-state index contributed by atoms with van der Waals surface area (Å²) in [6, 6.07) is 1.69. The first-order valence-corrected chi connectivity index (χ1v) is 6.11. The van der Waals surface area contributed by atoms with E-state index in [1.807, 2.05) is 20.8 Å². The minimum atomic E-state index is -3.09. The molecule has 1 aromatic rings. The van der Waals surface area contributed by atoms with Crippen LogP contribution >= 0.6 is 0 Å². The fraction of sp³-hybridized carbons (Fsp3) is 0.556. The van der Waals surface area contributed by atoms with Crippen LogP contribution in [0.2, 0.25) is 0 Å². The number of nitrogens with one attached hydrogen (secondary N) is 1. The van der Waals surface area contributed by atoms with Crippen LogP contribution in [0.25, 0.3) is 0 Å². The van der Waals surface area contributed by atoms with Crippen LogP contribution in [0.5, 0.6) is 0 Å². The molecule has 0 amide bonds. The Hall–Kier alpha value is -0.770. The lowest BCUT2D eigenvalue weighted by atomic mass is 10.1. The second-order valence-electron chi connectivity index (χ2n) is 3.66. The smallest absolute Gasteiger partial charge is 0.190 e. The van der Waals surface area contributed by atoms with Gasteiger partial charge in [-0.25, -0.2) is 8.42 Å². The molecular weight excluding hydrogens is 186 g/mol. The Morgan fingerprint density at radius 2 is 1.92 bits per heavy atom. The Labute approximate surface area is 79.1 Å². The van der Waals surface area contributed by atoms with Crippen LogP contribution in [-0.2, 0) is 9.84 Å². The van der Waals surface area contributed by atoms with Gasteiger partial charge in [-0.15, -0.1) is 0 Å². The fourth-order valence-electron chi connectivity index (χ4n) is 1.34. The number of rotatable bonds is 2. The number of aromatic nitrogens is 1. The quantitative estimate of drug-likeness (QED) is 0.793. The molecule has 0 saturated carbocycles. The Balaban J connectivity index is 3.25. The number of hydrogen-bond donors (Lipinski definition) is 1. The van der Waals surface area contributed by atoms with Gasteiger partial charge in [0.2, 0.25) is 0 Å². The molecule has 0 spiro atoms. The van der Waals surface area contributed by atoms with Gasteiger partial charge in [0.25, 0.3) is 0 Å². The zero-order valence-electron chi connectivity index (χ0n) is 8.38. The number of hydrogen-bond acceptors (Lipinski definition) is 2. The highest BCUT2D eigenvalue weighted by Gasteiger charge is 2.14. The third-order valence-electron chi connectivity index (χ3n) is 2.01. The first-order valence-electron chi connectivity index (χ1n) is 4.22. The van der Waals surface area contributed by atoms with Gasteiger partial charge >= 0.3 is 0 Å².